The minimum absolute atomic E-state index is 0.0998. The third kappa shape index (κ3) is 5.48. The Morgan fingerprint density at radius 3 is 2.41 bits per heavy atom. The van der Waals surface area contributed by atoms with E-state index in [1.165, 1.54) is 4.90 Å². The maximum atomic E-state index is 13.3. The predicted molar refractivity (Wildman–Crippen MR) is 124 cm³/mol. The second kappa shape index (κ2) is 10.8. The molecule has 0 unspecified atom stereocenters. The molecule has 0 aromatic heterocycles. The van der Waals surface area contributed by atoms with Crippen molar-refractivity contribution in [2.75, 3.05) is 32.2 Å². The zero-order valence-electron chi connectivity index (χ0n) is 19.0. The molecule has 1 heterocycles. The summed E-state index contributed by atoms with van der Waals surface area (Å²) >= 11 is 0. The van der Waals surface area contributed by atoms with E-state index in [1.807, 2.05) is 39.0 Å². The highest BCUT2D eigenvalue weighted by Gasteiger charge is 2.38. The standard InChI is InChI=1S/C25H30N2O5/c1-5-31-20-12-10-18(11-13-20)22-23(26-19-8-6-9-21(16-19)30-4)25(29)27(24(22)28)14-7-15-32-17(2)3/h6,8-13,16-17,26H,5,7,14-15H2,1-4H3. The second-order valence-electron chi connectivity index (χ2n) is 7.60. The molecule has 0 spiro atoms. The van der Waals surface area contributed by atoms with Gasteiger partial charge in [-0.3, -0.25) is 14.5 Å². The third-order valence-electron chi connectivity index (χ3n) is 4.94. The van der Waals surface area contributed by atoms with Gasteiger partial charge in [0.1, 0.15) is 17.2 Å². The maximum Gasteiger partial charge on any atom is 0.278 e. The van der Waals surface area contributed by atoms with Gasteiger partial charge >= 0.3 is 0 Å². The number of carbonyl (C=O) groups excluding carboxylic acids is 2. The molecule has 2 amide bonds. The van der Waals surface area contributed by atoms with E-state index >= 15 is 0 Å². The van der Waals surface area contributed by atoms with Crippen molar-refractivity contribution in [3.05, 3.63) is 59.8 Å². The highest BCUT2D eigenvalue weighted by Crippen LogP contribution is 2.32. The Balaban J connectivity index is 1.91. The first kappa shape index (κ1) is 23.3. The van der Waals surface area contributed by atoms with Crippen molar-refractivity contribution in [3.8, 4) is 11.5 Å². The summed E-state index contributed by atoms with van der Waals surface area (Å²) in [5, 5.41) is 3.15. The largest absolute Gasteiger partial charge is 0.497 e. The molecule has 32 heavy (non-hydrogen) atoms. The SMILES string of the molecule is CCOc1ccc(C2=C(Nc3cccc(OC)c3)C(=O)N(CCCOC(C)C)C2=O)cc1. The lowest BCUT2D eigenvalue weighted by Gasteiger charge is -2.16. The monoisotopic (exact) mass is 438 g/mol. The number of anilines is 1. The van der Waals surface area contributed by atoms with Gasteiger partial charge < -0.3 is 19.5 Å². The number of methoxy groups -OCH3 is 1. The Kier molecular flexibility index (Phi) is 7.89. The molecule has 3 rings (SSSR count). The summed E-state index contributed by atoms with van der Waals surface area (Å²) in [5.41, 5.74) is 1.90. The number of nitrogens with zero attached hydrogens (tertiary/aromatic N) is 1. The smallest absolute Gasteiger partial charge is 0.278 e. The molecule has 2 aromatic carbocycles. The van der Waals surface area contributed by atoms with Crippen LogP contribution in [-0.4, -0.2) is 49.7 Å². The molecule has 1 N–H and O–H groups in total. The molecule has 1 aliphatic rings. The molecule has 7 nitrogen and oxygen atoms in total. The van der Waals surface area contributed by atoms with Gasteiger partial charge in [-0.25, -0.2) is 0 Å². The number of hydrogen-bond donors (Lipinski definition) is 1. The van der Waals surface area contributed by atoms with Gasteiger partial charge in [-0.1, -0.05) is 18.2 Å². The first-order chi connectivity index (χ1) is 15.4. The molecule has 170 valence electrons. The molecule has 0 aliphatic carbocycles. The van der Waals surface area contributed by atoms with Crippen molar-refractivity contribution >= 4 is 23.1 Å². The van der Waals surface area contributed by atoms with Gasteiger partial charge in [0.15, 0.2) is 0 Å². The zero-order chi connectivity index (χ0) is 23.1. The third-order valence-corrected chi connectivity index (χ3v) is 4.94. The topological polar surface area (TPSA) is 77.1 Å². The van der Waals surface area contributed by atoms with E-state index in [9.17, 15) is 9.59 Å². The van der Waals surface area contributed by atoms with E-state index in [1.54, 1.807) is 37.4 Å². The van der Waals surface area contributed by atoms with Crippen molar-refractivity contribution in [2.24, 2.45) is 0 Å². The molecule has 1 aliphatic heterocycles. The Morgan fingerprint density at radius 2 is 1.75 bits per heavy atom. The van der Waals surface area contributed by atoms with E-state index in [4.69, 9.17) is 14.2 Å². The Bertz CT molecular complexity index is 982. The Hall–Kier alpha value is -3.32. The first-order valence-corrected chi connectivity index (χ1v) is 10.8. The number of hydrogen-bond acceptors (Lipinski definition) is 6. The van der Waals surface area contributed by atoms with E-state index < -0.39 is 0 Å². The Labute approximate surface area is 189 Å². The summed E-state index contributed by atoms with van der Waals surface area (Å²) in [6.45, 7) is 7.13. The normalized spacial score (nSPS) is 13.8. The van der Waals surface area contributed by atoms with E-state index in [0.29, 0.717) is 48.0 Å². The summed E-state index contributed by atoms with van der Waals surface area (Å²) in [6.07, 6.45) is 0.668. The number of benzene rings is 2. The van der Waals surface area contributed by atoms with Crippen molar-refractivity contribution in [3.63, 3.8) is 0 Å². The van der Waals surface area contributed by atoms with Crippen LogP contribution in [0.2, 0.25) is 0 Å². The lowest BCUT2D eigenvalue weighted by molar-refractivity contribution is -0.137. The van der Waals surface area contributed by atoms with Crippen molar-refractivity contribution in [1.29, 1.82) is 0 Å². The quantitative estimate of drug-likeness (QED) is 0.420. The second-order valence-corrected chi connectivity index (χ2v) is 7.60. The van der Waals surface area contributed by atoms with Crippen LogP contribution >= 0.6 is 0 Å². The molecule has 7 heteroatoms. The van der Waals surface area contributed by atoms with Crippen LogP contribution in [0.5, 0.6) is 11.5 Å². The summed E-state index contributed by atoms with van der Waals surface area (Å²) in [5.74, 6) is 0.677. The van der Waals surface area contributed by atoms with E-state index in [2.05, 4.69) is 5.32 Å². The minimum atomic E-state index is -0.355. The van der Waals surface area contributed by atoms with E-state index in [0.717, 1.165) is 0 Å². The van der Waals surface area contributed by atoms with Gasteiger partial charge in [0.05, 0.1) is 25.4 Å². The van der Waals surface area contributed by atoms with Crippen molar-refractivity contribution in [1.82, 2.24) is 4.90 Å². The van der Waals surface area contributed by atoms with Gasteiger partial charge in [0.2, 0.25) is 0 Å². The molecule has 0 fully saturated rings. The number of ether oxygens (including phenoxy) is 3. The fraction of sp³-hybridized carbons (Fsp3) is 0.360. The van der Waals surface area contributed by atoms with E-state index in [-0.39, 0.29) is 30.2 Å². The number of imide groups is 1. The van der Waals surface area contributed by atoms with Crippen molar-refractivity contribution in [2.45, 2.75) is 33.3 Å². The molecule has 0 saturated carbocycles. The molecule has 0 radical (unpaired) electrons. The summed E-state index contributed by atoms with van der Waals surface area (Å²) in [6, 6.07) is 14.4. The predicted octanol–water partition coefficient (Wildman–Crippen LogP) is 4.10. The molecular weight excluding hydrogens is 408 g/mol. The van der Waals surface area contributed by atoms with Gasteiger partial charge in [0.25, 0.3) is 11.8 Å². The minimum Gasteiger partial charge on any atom is -0.497 e. The van der Waals surface area contributed by atoms with Gasteiger partial charge in [-0.2, -0.15) is 0 Å². The molecule has 2 aromatic rings. The number of carbonyl (C=O) groups is 2. The fourth-order valence-electron chi connectivity index (χ4n) is 3.43. The van der Waals surface area contributed by atoms with Crippen LogP contribution in [0.25, 0.3) is 5.57 Å². The highest BCUT2D eigenvalue weighted by atomic mass is 16.5. The number of amides is 2. The van der Waals surface area contributed by atoms with Crippen molar-refractivity contribution < 1.29 is 23.8 Å². The van der Waals surface area contributed by atoms with Crippen LogP contribution < -0.4 is 14.8 Å². The summed E-state index contributed by atoms with van der Waals surface area (Å²) < 4.78 is 16.3. The van der Waals surface area contributed by atoms with Gasteiger partial charge in [-0.15, -0.1) is 0 Å². The lowest BCUT2D eigenvalue weighted by Crippen LogP contribution is -2.34. The zero-order valence-corrected chi connectivity index (χ0v) is 19.0. The average Bonchev–Trinajstić information content (AvgIpc) is 3.01. The first-order valence-electron chi connectivity index (χ1n) is 10.8. The summed E-state index contributed by atoms with van der Waals surface area (Å²) in [7, 11) is 1.58. The van der Waals surface area contributed by atoms with Crippen LogP contribution in [0.1, 0.15) is 32.8 Å². The van der Waals surface area contributed by atoms with Crippen LogP contribution in [0.4, 0.5) is 5.69 Å². The van der Waals surface area contributed by atoms with Gasteiger partial charge in [0, 0.05) is 24.9 Å². The van der Waals surface area contributed by atoms with Crippen LogP contribution in [0.3, 0.4) is 0 Å². The lowest BCUT2D eigenvalue weighted by atomic mass is 10.0. The summed E-state index contributed by atoms with van der Waals surface area (Å²) in [4.78, 5) is 27.8. The van der Waals surface area contributed by atoms with Crippen LogP contribution in [0.15, 0.2) is 54.2 Å². The molecular formula is C25H30N2O5. The number of nitrogens with one attached hydrogen (secondary N) is 1. The molecule has 0 atom stereocenters. The maximum absolute atomic E-state index is 13.3. The Morgan fingerprint density at radius 1 is 1.00 bits per heavy atom. The molecule has 0 bridgehead atoms. The average molecular weight is 439 g/mol. The number of rotatable bonds is 11. The highest BCUT2D eigenvalue weighted by molar-refractivity contribution is 6.36. The van der Waals surface area contributed by atoms with Crippen LogP contribution in [0, 0.1) is 0 Å². The molecule has 0 saturated heterocycles. The van der Waals surface area contributed by atoms with Crippen LogP contribution in [-0.2, 0) is 14.3 Å². The van der Waals surface area contributed by atoms with Gasteiger partial charge in [-0.05, 0) is 57.0 Å². The fourth-order valence-corrected chi connectivity index (χ4v) is 3.43.